The Morgan fingerprint density at radius 2 is 2.16 bits per heavy atom. The van der Waals surface area contributed by atoms with Crippen molar-refractivity contribution in [3.05, 3.63) is 34.9 Å². The Morgan fingerprint density at radius 1 is 1.40 bits per heavy atom. The number of aldehydes is 1. The van der Waals surface area contributed by atoms with E-state index in [-0.39, 0.29) is 31.2 Å². The summed E-state index contributed by atoms with van der Waals surface area (Å²) in [4.78, 5) is 48.1. The Labute approximate surface area is 145 Å². The van der Waals surface area contributed by atoms with Crippen LogP contribution < -0.4 is 10.6 Å². The van der Waals surface area contributed by atoms with Gasteiger partial charge in [0.15, 0.2) is 0 Å². The molecule has 0 fully saturated rings. The van der Waals surface area contributed by atoms with Gasteiger partial charge in [-0.05, 0) is 23.6 Å². The Morgan fingerprint density at radius 3 is 2.80 bits per heavy atom. The molecule has 0 bridgehead atoms. The standard InChI is InChI=1S/C17H21N3O5/c1-18-15(22)14(4-3-7-21)20-10-12-6-5-11(8-13(12)16(20)23)9-19-17(24)25-2/h5-8,14H,3-4,9-10H2,1-2H3,(H,18,22)(H,19,24). The van der Waals surface area contributed by atoms with E-state index in [1.165, 1.54) is 19.1 Å². The minimum Gasteiger partial charge on any atom is -0.453 e. The number of carbonyl (C=O) groups is 4. The molecule has 1 aliphatic rings. The molecule has 3 amide bonds. The molecule has 25 heavy (non-hydrogen) atoms. The summed E-state index contributed by atoms with van der Waals surface area (Å²) in [7, 11) is 2.78. The van der Waals surface area contributed by atoms with Crippen molar-refractivity contribution < 1.29 is 23.9 Å². The molecular weight excluding hydrogens is 326 g/mol. The Hall–Kier alpha value is -2.90. The highest BCUT2D eigenvalue weighted by atomic mass is 16.5. The molecule has 1 aromatic rings. The number of carbonyl (C=O) groups excluding carboxylic acids is 4. The molecule has 0 aliphatic carbocycles. The van der Waals surface area contributed by atoms with Gasteiger partial charge in [0.25, 0.3) is 5.91 Å². The summed E-state index contributed by atoms with van der Waals surface area (Å²) in [6.07, 6.45) is 0.661. The van der Waals surface area contributed by atoms with Gasteiger partial charge < -0.3 is 25.1 Å². The van der Waals surface area contributed by atoms with Crippen LogP contribution in [0.1, 0.15) is 34.3 Å². The maximum absolute atomic E-state index is 12.7. The van der Waals surface area contributed by atoms with Crippen molar-refractivity contribution in [1.82, 2.24) is 15.5 Å². The summed E-state index contributed by atoms with van der Waals surface area (Å²) >= 11 is 0. The van der Waals surface area contributed by atoms with Gasteiger partial charge in [0.2, 0.25) is 5.91 Å². The van der Waals surface area contributed by atoms with Gasteiger partial charge in [-0.25, -0.2) is 4.79 Å². The van der Waals surface area contributed by atoms with Crippen LogP contribution in [-0.4, -0.2) is 49.3 Å². The zero-order valence-corrected chi connectivity index (χ0v) is 14.2. The number of alkyl carbamates (subject to hydrolysis) is 1. The van der Waals surface area contributed by atoms with Crippen molar-refractivity contribution >= 4 is 24.2 Å². The first-order valence-electron chi connectivity index (χ1n) is 7.91. The summed E-state index contributed by atoms with van der Waals surface area (Å²) in [6.45, 7) is 0.549. The SMILES string of the molecule is CNC(=O)C(CCC=O)N1Cc2ccc(CNC(=O)OC)cc2C1=O. The topological polar surface area (TPSA) is 105 Å². The van der Waals surface area contributed by atoms with Gasteiger partial charge >= 0.3 is 6.09 Å². The molecule has 2 rings (SSSR count). The Balaban J connectivity index is 2.17. The second-order valence-electron chi connectivity index (χ2n) is 5.64. The van der Waals surface area contributed by atoms with Crippen LogP contribution in [0.5, 0.6) is 0 Å². The highest BCUT2D eigenvalue weighted by molar-refractivity contribution is 6.01. The normalized spacial score (nSPS) is 13.8. The van der Waals surface area contributed by atoms with E-state index >= 15 is 0 Å². The Bertz CT molecular complexity index is 689. The molecule has 0 radical (unpaired) electrons. The van der Waals surface area contributed by atoms with Crippen LogP contribution in [0.15, 0.2) is 18.2 Å². The van der Waals surface area contributed by atoms with E-state index in [0.29, 0.717) is 12.1 Å². The van der Waals surface area contributed by atoms with Gasteiger partial charge in [0.1, 0.15) is 12.3 Å². The lowest BCUT2D eigenvalue weighted by molar-refractivity contribution is -0.125. The molecule has 134 valence electrons. The summed E-state index contributed by atoms with van der Waals surface area (Å²) in [6, 6.07) is 4.63. The van der Waals surface area contributed by atoms with E-state index < -0.39 is 12.1 Å². The van der Waals surface area contributed by atoms with E-state index in [1.807, 2.05) is 12.1 Å². The van der Waals surface area contributed by atoms with Crippen molar-refractivity contribution in [2.75, 3.05) is 14.2 Å². The first-order valence-corrected chi connectivity index (χ1v) is 7.91. The third-order valence-corrected chi connectivity index (χ3v) is 4.11. The first-order chi connectivity index (χ1) is 12.0. The highest BCUT2D eigenvalue weighted by Gasteiger charge is 2.35. The van der Waals surface area contributed by atoms with Crippen LogP contribution in [0.2, 0.25) is 0 Å². The zero-order valence-electron chi connectivity index (χ0n) is 14.2. The number of hydrogen-bond acceptors (Lipinski definition) is 5. The van der Waals surface area contributed by atoms with Gasteiger partial charge in [-0.2, -0.15) is 0 Å². The maximum Gasteiger partial charge on any atom is 0.407 e. The number of amides is 3. The summed E-state index contributed by atoms with van der Waals surface area (Å²) < 4.78 is 4.51. The lowest BCUT2D eigenvalue weighted by Crippen LogP contribution is -2.46. The van der Waals surface area contributed by atoms with Gasteiger partial charge in [0.05, 0.1) is 7.11 Å². The number of benzene rings is 1. The van der Waals surface area contributed by atoms with Crippen molar-refractivity contribution in [1.29, 1.82) is 0 Å². The molecule has 1 aliphatic heterocycles. The molecule has 1 aromatic carbocycles. The van der Waals surface area contributed by atoms with Gasteiger partial charge in [-0.15, -0.1) is 0 Å². The first kappa shape index (κ1) is 18.4. The average Bonchev–Trinajstić information content (AvgIpc) is 2.96. The largest absolute Gasteiger partial charge is 0.453 e. The van der Waals surface area contributed by atoms with Crippen LogP contribution in [0.25, 0.3) is 0 Å². The van der Waals surface area contributed by atoms with Crippen LogP contribution in [0.3, 0.4) is 0 Å². The smallest absolute Gasteiger partial charge is 0.407 e. The minimum atomic E-state index is -0.688. The van der Waals surface area contributed by atoms with E-state index in [9.17, 15) is 19.2 Å². The third-order valence-electron chi connectivity index (χ3n) is 4.11. The minimum absolute atomic E-state index is 0.201. The Kier molecular flexibility index (Phi) is 6.10. The molecule has 1 atom stereocenters. The lowest BCUT2D eigenvalue weighted by atomic mass is 10.1. The maximum atomic E-state index is 12.7. The zero-order chi connectivity index (χ0) is 18.4. The van der Waals surface area contributed by atoms with E-state index in [0.717, 1.165) is 17.4 Å². The monoisotopic (exact) mass is 347 g/mol. The quantitative estimate of drug-likeness (QED) is 0.703. The van der Waals surface area contributed by atoms with Gasteiger partial charge in [0, 0.05) is 32.1 Å². The molecule has 8 heteroatoms. The van der Waals surface area contributed by atoms with E-state index in [1.54, 1.807) is 6.07 Å². The van der Waals surface area contributed by atoms with Crippen molar-refractivity contribution in [3.8, 4) is 0 Å². The number of hydrogen-bond donors (Lipinski definition) is 2. The molecule has 8 nitrogen and oxygen atoms in total. The fraction of sp³-hybridized carbons (Fsp3) is 0.412. The van der Waals surface area contributed by atoms with Crippen molar-refractivity contribution in [2.24, 2.45) is 0 Å². The molecule has 0 saturated carbocycles. The second kappa shape index (κ2) is 8.27. The van der Waals surface area contributed by atoms with Crippen LogP contribution >= 0.6 is 0 Å². The average molecular weight is 347 g/mol. The number of ether oxygens (including phenoxy) is 1. The molecule has 1 unspecified atom stereocenters. The van der Waals surface area contributed by atoms with E-state index in [4.69, 9.17) is 0 Å². The predicted octanol–water partition coefficient (Wildman–Crippen LogP) is 0.592. The van der Waals surface area contributed by atoms with Crippen LogP contribution in [-0.2, 0) is 27.4 Å². The van der Waals surface area contributed by atoms with Crippen LogP contribution in [0, 0.1) is 0 Å². The molecule has 0 spiro atoms. The van der Waals surface area contributed by atoms with Crippen molar-refractivity contribution in [2.45, 2.75) is 32.0 Å². The number of fused-ring (bicyclic) bond motifs is 1. The molecular formula is C17H21N3O5. The predicted molar refractivity (Wildman–Crippen MR) is 88.7 cm³/mol. The van der Waals surface area contributed by atoms with Gasteiger partial charge in [-0.3, -0.25) is 9.59 Å². The van der Waals surface area contributed by atoms with Gasteiger partial charge in [-0.1, -0.05) is 12.1 Å². The van der Waals surface area contributed by atoms with Crippen molar-refractivity contribution in [3.63, 3.8) is 0 Å². The number of methoxy groups -OCH3 is 1. The number of likely N-dealkylation sites (N-methyl/N-ethyl adjacent to an activating group) is 1. The number of rotatable bonds is 7. The van der Waals surface area contributed by atoms with Crippen LogP contribution in [0.4, 0.5) is 4.79 Å². The molecule has 0 saturated heterocycles. The number of nitrogens with zero attached hydrogens (tertiary/aromatic N) is 1. The fourth-order valence-corrected chi connectivity index (χ4v) is 2.80. The second-order valence-corrected chi connectivity index (χ2v) is 5.64. The number of nitrogens with one attached hydrogen (secondary N) is 2. The summed E-state index contributed by atoms with van der Waals surface area (Å²) in [5, 5.41) is 5.09. The fourth-order valence-electron chi connectivity index (χ4n) is 2.80. The molecule has 1 heterocycles. The van der Waals surface area contributed by atoms with E-state index in [2.05, 4.69) is 15.4 Å². The molecule has 0 aromatic heterocycles. The highest BCUT2D eigenvalue weighted by Crippen LogP contribution is 2.27. The lowest BCUT2D eigenvalue weighted by Gasteiger charge is -2.25. The summed E-state index contributed by atoms with van der Waals surface area (Å²) in [5.41, 5.74) is 2.07. The molecule has 2 N–H and O–H groups in total. The summed E-state index contributed by atoms with van der Waals surface area (Å²) in [5.74, 6) is -0.551. The third kappa shape index (κ3) is 4.14.